The summed E-state index contributed by atoms with van der Waals surface area (Å²) in [5, 5.41) is 20.3. The summed E-state index contributed by atoms with van der Waals surface area (Å²) < 4.78 is 0. The van der Waals surface area contributed by atoms with Crippen molar-refractivity contribution < 1.29 is 19.8 Å². The number of nitrogens with one attached hydrogen (secondary N) is 1. The van der Waals surface area contributed by atoms with Crippen LogP contribution < -0.4 is 5.32 Å². The van der Waals surface area contributed by atoms with Gasteiger partial charge in [-0.3, -0.25) is 0 Å². The number of hydrogen-bond donors (Lipinski definition) is 3. The maximum atomic E-state index is 12.0. The van der Waals surface area contributed by atoms with Crippen LogP contribution in [0.3, 0.4) is 0 Å². The highest BCUT2D eigenvalue weighted by Gasteiger charge is 2.22. The molecule has 0 saturated carbocycles. The Morgan fingerprint density at radius 1 is 1.30 bits per heavy atom. The van der Waals surface area contributed by atoms with Gasteiger partial charge in [-0.25, -0.2) is 9.59 Å². The van der Waals surface area contributed by atoms with Crippen molar-refractivity contribution in [2.45, 2.75) is 45.6 Å². The van der Waals surface area contributed by atoms with E-state index in [1.165, 1.54) is 0 Å². The molecule has 0 aromatic heterocycles. The number of carboxylic acids is 1. The van der Waals surface area contributed by atoms with E-state index in [-0.39, 0.29) is 19.0 Å². The van der Waals surface area contributed by atoms with Crippen LogP contribution in [0.25, 0.3) is 0 Å². The molecule has 0 aliphatic carbocycles. The highest BCUT2D eigenvalue weighted by atomic mass is 16.4. The molecule has 2 unspecified atom stereocenters. The molecule has 0 aromatic rings. The van der Waals surface area contributed by atoms with Gasteiger partial charge >= 0.3 is 12.0 Å². The van der Waals surface area contributed by atoms with Gasteiger partial charge in [0.15, 0.2) is 6.10 Å². The van der Waals surface area contributed by atoms with Gasteiger partial charge in [-0.1, -0.05) is 13.8 Å². The van der Waals surface area contributed by atoms with Gasteiger partial charge in [0.1, 0.15) is 0 Å². The molecule has 6 heteroatoms. The van der Waals surface area contributed by atoms with E-state index in [0.717, 1.165) is 32.4 Å². The molecule has 0 radical (unpaired) electrons. The first-order valence-corrected chi connectivity index (χ1v) is 7.35. The number of hydrogen-bond acceptors (Lipinski definition) is 3. The van der Waals surface area contributed by atoms with Crippen LogP contribution in [0, 0.1) is 11.8 Å². The SMILES string of the molecule is CC(C)C1CCCN(C(=O)NCCC(O)C(=O)O)CC1. The molecule has 1 aliphatic heterocycles. The van der Waals surface area contributed by atoms with Crippen LogP contribution in [0.1, 0.15) is 39.5 Å². The molecule has 2 amide bonds. The molecule has 1 aliphatic rings. The fraction of sp³-hybridized carbons (Fsp3) is 0.857. The average molecular weight is 286 g/mol. The van der Waals surface area contributed by atoms with Gasteiger partial charge in [-0.2, -0.15) is 0 Å². The summed E-state index contributed by atoms with van der Waals surface area (Å²) in [6.45, 7) is 6.10. The first-order chi connectivity index (χ1) is 9.41. The Hall–Kier alpha value is -1.30. The van der Waals surface area contributed by atoms with Gasteiger partial charge < -0.3 is 20.4 Å². The van der Waals surface area contributed by atoms with Crippen LogP contribution in [0.5, 0.6) is 0 Å². The number of amides is 2. The molecule has 0 bridgehead atoms. The summed E-state index contributed by atoms with van der Waals surface area (Å²) in [5.74, 6) is 0.0548. The van der Waals surface area contributed by atoms with Crippen molar-refractivity contribution in [2.24, 2.45) is 11.8 Å². The molecule has 0 aromatic carbocycles. The molecule has 20 heavy (non-hydrogen) atoms. The number of urea groups is 1. The molecule has 2 atom stereocenters. The lowest BCUT2D eigenvalue weighted by Gasteiger charge is -2.22. The number of carbonyl (C=O) groups is 2. The van der Waals surface area contributed by atoms with E-state index in [2.05, 4.69) is 19.2 Å². The smallest absolute Gasteiger partial charge is 0.332 e. The molecule has 1 saturated heterocycles. The summed E-state index contributed by atoms with van der Waals surface area (Å²) in [7, 11) is 0. The summed E-state index contributed by atoms with van der Waals surface area (Å²) in [4.78, 5) is 24.2. The van der Waals surface area contributed by atoms with E-state index >= 15 is 0 Å². The lowest BCUT2D eigenvalue weighted by atomic mass is 9.89. The molecule has 116 valence electrons. The van der Waals surface area contributed by atoms with Gasteiger partial charge in [0.25, 0.3) is 0 Å². The van der Waals surface area contributed by atoms with Gasteiger partial charge in [0.2, 0.25) is 0 Å². The van der Waals surface area contributed by atoms with Gasteiger partial charge in [-0.15, -0.1) is 0 Å². The Labute approximate surface area is 120 Å². The third kappa shape index (κ3) is 5.36. The van der Waals surface area contributed by atoms with Crippen molar-refractivity contribution in [1.29, 1.82) is 0 Å². The van der Waals surface area contributed by atoms with E-state index in [4.69, 9.17) is 10.2 Å². The molecule has 1 heterocycles. The predicted octanol–water partition coefficient (Wildman–Crippen LogP) is 1.29. The Balaban J connectivity index is 2.31. The van der Waals surface area contributed by atoms with Crippen LogP contribution >= 0.6 is 0 Å². The van der Waals surface area contributed by atoms with Crippen molar-refractivity contribution in [3.05, 3.63) is 0 Å². The molecule has 0 spiro atoms. The number of likely N-dealkylation sites (tertiary alicyclic amines) is 1. The minimum Gasteiger partial charge on any atom is -0.479 e. The Morgan fingerprint density at radius 3 is 2.60 bits per heavy atom. The third-order valence-corrected chi connectivity index (χ3v) is 3.98. The second-order valence-electron chi connectivity index (χ2n) is 5.80. The van der Waals surface area contributed by atoms with Crippen molar-refractivity contribution in [3.63, 3.8) is 0 Å². The largest absolute Gasteiger partial charge is 0.479 e. The first kappa shape index (κ1) is 16.8. The Morgan fingerprint density at radius 2 is 2.00 bits per heavy atom. The maximum absolute atomic E-state index is 12.0. The van der Waals surface area contributed by atoms with E-state index in [0.29, 0.717) is 11.8 Å². The molecule has 1 fully saturated rings. The molecule has 1 rings (SSSR count). The van der Waals surface area contributed by atoms with Crippen LogP contribution in [0.2, 0.25) is 0 Å². The van der Waals surface area contributed by atoms with Crippen LogP contribution in [-0.2, 0) is 4.79 Å². The van der Waals surface area contributed by atoms with Crippen molar-refractivity contribution in [2.75, 3.05) is 19.6 Å². The summed E-state index contributed by atoms with van der Waals surface area (Å²) >= 11 is 0. The Bertz CT molecular complexity index is 333. The zero-order valence-electron chi connectivity index (χ0n) is 12.3. The van der Waals surface area contributed by atoms with E-state index in [1.54, 1.807) is 4.90 Å². The second-order valence-corrected chi connectivity index (χ2v) is 5.80. The lowest BCUT2D eigenvalue weighted by molar-refractivity contribution is -0.146. The highest BCUT2D eigenvalue weighted by Crippen LogP contribution is 2.24. The minimum atomic E-state index is -1.41. The number of nitrogens with zero attached hydrogens (tertiary/aromatic N) is 1. The zero-order chi connectivity index (χ0) is 15.1. The lowest BCUT2D eigenvalue weighted by Crippen LogP contribution is -2.42. The number of aliphatic hydroxyl groups excluding tert-OH is 1. The highest BCUT2D eigenvalue weighted by molar-refractivity contribution is 5.74. The normalized spacial score (nSPS) is 21.4. The monoisotopic (exact) mass is 286 g/mol. The predicted molar refractivity (Wildman–Crippen MR) is 75.4 cm³/mol. The topological polar surface area (TPSA) is 89.9 Å². The first-order valence-electron chi connectivity index (χ1n) is 7.35. The number of aliphatic carboxylic acids is 1. The molecule has 6 nitrogen and oxygen atoms in total. The van der Waals surface area contributed by atoms with Crippen LogP contribution in [-0.4, -0.2) is 52.9 Å². The van der Waals surface area contributed by atoms with Gasteiger partial charge in [-0.05, 0) is 31.1 Å². The van der Waals surface area contributed by atoms with Gasteiger partial charge in [0.05, 0.1) is 0 Å². The third-order valence-electron chi connectivity index (χ3n) is 3.98. The quantitative estimate of drug-likeness (QED) is 0.710. The van der Waals surface area contributed by atoms with E-state index in [9.17, 15) is 9.59 Å². The molecule has 3 N–H and O–H groups in total. The number of carbonyl (C=O) groups excluding carboxylic acids is 1. The number of aliphatic hydroxyl groups is 1. The van der Waals surface area contributed by atoms with Crippen LogP contribution in [0.4, 0.5) is 4.79 Å². The van der Waals surface area contributed by atoms with Crippen molar-refractivity contribution >= 4 is 12.0 Å². The summed E-state index contributed by atoms with van der Waals surface area (Å²) in [5.41, 5.74) is 0. The van der Waals surface area contributed by atoms with Crippen LogP contribution in [0.15, 0.2) is 0 Å². The van der Waals surface area contributed by atoms with Gasteiger partial charge in [0, 0.05) is 26.1 Å². The van der Waals surface area contributed by atoms with Crippen molar-refractivity contribution in [3.8, 4) is 0 Å². The average Bonchev–Trinajstić information content (AvgIpc) is 2.63. The number of rotatable bonds is 5. The Kier molecular flexibility index (Phi) is 6.78. The summed E-state index contributed by atoms with van der Waals surface area (Å²) in [6.07, 6.45) is 1.80. The maximum Gasteiger partial charge on any atom is 0.332 e. The molecular formula is C14H26N2O4. The number of carboxylic acid groups (broad SMARTS) is 1. The van der Waals surface area contributed by atoms with E-state index in [1.807, 2.05) is 0 Å². The minimum absolute atomic E-state index is 0.0313. The second kappa shape index (κ2) is 8.09. The molecular weight excluding hydrogens is 260 g/mol. The van der Waals surface area contributed by atoms with Crippen molar-refractivity contribution in [1.82, 2.24) is 10.2 Å². The fourth-order valence-electron chi connectivity index (χ4n) is 2.54. The van der Waals surface area contributed by atoms with E-state index < -0.39 is 12.1 Å². The summed E-state index contributed by atoms with van der Waals surface area (Å²) in [6, 6.07) is -0.160. The zero-order valence-corrected chi connectivity index (χ0v) is 12.3. The standard InChI is InChI=1S/C14H26N2O4/c1-10(2)11-4-3-8-16(9-6-11)14(20)15-7-5-12(17)13(18)19/h10-12,17H,3-9H2,1-2H3,(H,15,20)(H,18,19). The fourth-order valence-corrected chi connectivity index (χ4v) is 2.54.